The second-order valence-corrected chi connectivity index (χ2v) is 3.78. The van der Waals surface area contributed by atoms with Gasteiger partial charge in [-0.25, -0.2) is 4.98 Å². The number of hydrogen-bond acceptors (Lipinski definition) is 5. The summed E-state index contributed by atoms with van der Waals surface area (Å²) < 4.78 is 5.25. The van der Waals surface area contributed by atoms with Crippen molar-refractivity contribution in [1.82, 2.24) is 4.98 Å². The molecule has 0 radical (unpaired) electrons. The van der Waals surface area contributed by atoms with E-state index in [0.29, 0.717) is 17.1 Å². The molecule has 0 saturated heterocycles. The van der Waals surface area contributed by atoms with Crippen LogP contribution in [0.4, 0.5) is 5.82 Å². The average molecular weight is 244 g/mol. The fourth-order valence-electron chi connectivity index (χ4n) is 1.72. The molecule has 5 nitrogen and oxygen atoms in total. The second kappa shape index (κ2) is 5.08. The minimum Gasteiger partial charge on any atom is -0.496 e. The maximum absolute atomic E-state index is 9.16. The van der Waals surface area contributed by atoms with Crippen molar-refractivity contribution in [3.05, 3.63) is 36.5 Å². The third-order valence-electron chi connectivity index (χ3n) is 2.63. The van der Waals surface area contributed by atoms with Crippen molar-refractivity contribution in [2.75, 3.05) is 12.8 Å². The lowest BCUT2D eigenvalue weighted by atomic mass is 9.80. The molecule has 1 aromatic carbocycles. The van der Waals surface area contributed by atoms with E-state index in [2.05, 4.69) is 4.98 Å². The minimum atomic E-state index is -1.58. The molecule has 0 atom stereocenters. The molecule has 0 fully saturated rings. The summed E-state index contributed by atoms with van der Waals surface area (Å²) in [6.07, 6.45) is 1.33. The van der Waals surface area contributed by atoms with E-state index in [-0.39, 0.29) is 5.46 Å². The van der Waals surface area contributed by atoms with Gasteiger partial charge in [0.05, 0.1) is 7.11 Å². The standard InChI is InChI=1S/C12H13BN2O3/c1-18-11-5-3-2-4-9(11)10-6-8(13(16)17)7-15-12(10)14/h2-7,16-17H,1H3,(H2,14,15). The molecule has 1 aromatic heterocycles. The van der Waals surface area contributed by atoms with Crippen LogP contribution in [0.1, 0.15) is 0 Å². The first-order valence-corrected chi connectivity index (χ1v) is 5.38. The van der Waals surface area contributed by atoms with Crippen molar-refractivity contribution in [3.8, 4) is 16.9 Å². The Morgan fingerprint density at radius 2 is 1.94 bits per heavy atom. The van der Waals surface area contributed by atoms with Crippen molar-refractivity contribution < 1.29 is 14.8 Å². The van der Waals surface area contributed by atoms with Gasteiger partial charge in [-0.1, -0.05) is 18.2 Å². The largest absolute Gasteiger partial charge is 0.496 e. The molecule has 4 N–H and O–H groups in total. The van der Waals surface area contributed by atoms with Gasteiger partial charge in [-0.05, 0) is 12.1 Å². The van der Waals surface area contributed by atoms with Crippen molar-refractivity contribution in [2.45, 2.75) is 0 Å². The van der Waals surface area contributed by atoms with E-state index in [0.717, 1.165) is 5.56 Å². The Balaban J connectivity index is 2.59. The zero-order valence-corrected chi connectivity index (χ0v) is 9.87. The lowest BCUT2D eigenvalue weighted by Crippen LogP contribution is -2.30. The topological polar surface area (TPSA) is 88.6 Å². The van der Waals surface area contributed by atoms with Crippen LogP contribution in [-0.2, 0) is 0 Å². The van der Waals surface area contributed by atoms with Gasteiger partial charge in [0.15, 0.2) is 0 Å². The quantitative estimate of drug-likeness (QED) is 0.662. The van der Waals surface area contributed by atoms with E-state index in [1.165, 1.54) is 6.20 Å². The monoisotopic (exact) mass is 244 g/mol. The number of nitrogens with two attached hydrogens (primary N) is 1. The van der Waals surface area contributed by atoms with Crippen molar-refractivity contribution in [1.29, 1.82) is 0 Å². The van der Waals surface area contributed by atoms with Gasteiger partial charge in [0.1, 0.15) is 11.6 Å². The van der Waals surface area contributed by atoms with E-state index in [1.54, 1.807) is 19.2 Å². The van der Waals surface area contributed by atoms with Gasteiger partial charge in [0.25, 0.3) is 0 Å². The van der Waals surface area contributed by atoms with Gasteiger partial charge in [0.2, 0.25) is 0 Å². The van der Waals surface area contributed by atoms with Crippen molar-refractivity contribution in [3.63, 3.8) is 0 Å². The number of rotatable bonds is 3. The summed E-state index contributed by atoms with van der Waals surface area (Å²) >= 11 is 0. The molecular formula is C12H13BN2O3. The van der Waals surface area contributed by atoms with E-state index in [1.807, 2.05) is 18.2 Å². The molecule has 0 amide bonds. The highest BCUT2D eigenvalue weighted by Gasteiger charge is 2.16. The van der Waals surface area contributed by atoms with Gasteiger partial charge in [-0.2, -0.15) is 0 Å². The Bertz CT molecular complexity index is 561. The fourth-order valence-corrected chi connectivity index (χ4v) is 1.72. The lowest BCUT2D eigenvalue weighted by molar-refractivity contribution is 0.416. The van der Waals surface area contributed by atoms with Gasteiger partial charge in [-0.15, -0.1) is 0 Å². The van der Waals surface area contributed by atoms with Crippen LogP contribution in [0.2, 0.25) is 0 Å². The highest BCUT2D eigenvalue weighted by atomic mass is 16.5. The molecule has 0 unspecified atom stereocenters. The number of pyridine rings is 1. The van der Waals surface area contributed by atoms with Crippen LogP contribution in [0.25, 0.3) is 11.1 Å². The van der Waals surface area contributed by atoms with Crippen LogP contribution >= 0.6 is 0 Å². The number of aromatic nitrogens is 1. The molecule has 0 aliphatic carbocycles. The fraction of sp³-hybridized carbons (Fsp3) is 0.0833. The Morgan fingerprint density at radius 3 is 2.61 bits per heavy atom. The third kappa shape index (κ3) is 2.29. The summed E-state index contributed by atoms with van der Waals surface area (Å²) in [5.74, 6) is 0.958. The first-order valence-electron chi connectivity index (χ1n) is 5.38. The van der Waals surface area contributed by atoms with E-state index in [9.17, 15) is 0 Å². The highest BCUT2D eigenvalue weighted by Crippen LogP contribution is 2.31. The molecular weight excluding hydrogens is 231 g/mol. The second-order valence-electron chi connectivity index (χ2n) is 3.78. The molecule has 0 spiro atoms. The number of nitrogens with zero attached hydrogens (tertiary/aromatic N) is 1. The summed E-state index contributed by atoms with van der Waals surface area (Å²) in [5, 5.41) is 18.3. The van der Waals surface area contributed by atoms with E-state index >= 15 is 0 Å². The zero-order valence-electron chi connectivity index (χ0n) is 9.87. The van der Waals surface area contributed by atoms with Crippen LogP contribution in [0.15, 0.2) is 36.5 Å². The molecule has 0 aliphatic heterocycles. The molecule has 2 rings (SSSR count). The van der Waals surface area contributed by atoms with Crippen molar-refractivity contribution >= 4 is 18.4 Å². The minimum absolute atomic E-state index is 0.283. The van der Waals surface area contributed by atoms with E-state index < -0.39 is 7.12 Å². The Hall–Kier alpha value is -2.05. The molecule has 0 aliphatic rings. The normalized spacial score (nSPS) is 10.2. The van der Waals surface area contributed by atoms with Crippen molar-refractivity contribution in [2.24, 2.45) is 0 Å². The molecule has 0 bridgehead atoms. The highest BCUT2D eigenvalue weighted by molar-refractivity contribution is 6.58. The number of nitrogen functional groups attached to an aromatic ring is 1. The van der Waals surface area contributed by atoms with Gasteiger partial charge >= 0.3 is 7.12 Å². The third-order valence-corrected chi connectivity index (χ3v) is 2.63. The van der Waals surface area contributed by atoms with E-state index in [4.69, 9.17) is 20.5 Å². The SMILES string of the molecule is COc1ccccc1-c1cc(B(O)O)cnc1N. The average Bonchev–Trinajstić information content (AvgIpc) is 2.39. The summed E-state index contributed by atoms with van der Waals surface area (Å²) in [4.78, 5) is 3.95. The molecule has 6 heteroatoms. The summed E-state index contributed by atoms with van der Waals surface area (Å²) in [7, 11) is -0.0146. The predicted octanol–water partition coefficient (Wildman–Crippen LogP) is 0.0192. The molecule has 1 heterocycles. The van der Waals surface area contributed by atoms with Gasteiger partial charge in [0, 0.05) is 22.8 Å². The number of ether oxygens (including phenoxy) is 1. The molecule has 92 valence electrons. The number of benzene rings is 1. The van der Waals surface area contributed by atoms with Crippen LogP contribution < -0.4 is 15.9 Å². The first kappa shape index (κ1) is 12.4. The zero-order chi connectivity index (χ0) is 13.1. The Kier molecular flexibility index (Phi) is 3.50. The molecule has 0 saturated carbocycles. The van der Waals surface area contributed by atoms with Crippen LogP contribution in [-0.4, -0.2) is 29.3 Å². The molecule has 2 aromatic rings. The van der Waals surface area contributed by atoms with Crippen LogP contribution in [0, 0.1) is 0 Å². The number of anilines is 1. The number of methoxy groups -OCH3 is 1. The smallest absolute Gasteiger partial charge is 0.490 e. The predicted molar refractivity (Wildman–Crippen MR) is 70.5 cm³/mol. The van der Waals surface area contributed by atoms with Crippen LogP contribution in [0.3, 0.4) is 0 Å². The summed E-state index contributed by atoms with van der Waals surface area (Å²) in [5.41, 5.74) is 7.46. The Morgan fingerprint density at radius 1 is 1.22 bits per heavy atom. The van der Waals surface area contributed by atoms with Crippen LogP contribution in [0.5, 0.6) is 5.75 Å². The molecule has 18 heavy (non-hydrogen) atoms. The maximum atomic E-state index is 9.16. The Labute approximate surface area is 105 Å². The van der Waals surface area contributed by atoms with Gasteiger partial charge in [-0.3, -0.25) is 0 Å². The number of para-hydroxylation sites is 1. The lowest BCUT2D eigenvalue weighted by Gasteiger charge is -2.11. The number of hydrogen-bond donors (Lipinski definition) is 3. The summed E-state index contributed by atoms with van der Waals surface area (Å²) in [6.45, 7) is 0. The summed E-state index contributed by atoms with van der Waals surface area (Å²) in [6, 6.07) is 8.91. The van der Waals surface area contributed by atoms with Gasteiger partial charge < -0.3 is 20.5 Å². The maximum Gasteiger partial charge on any atom is 0.490 e. The first-order chi connectivity index (χ1) is 8.63.